The number of hydrogen-bond acceptors (Lipinski definition) is 2. The second-order valence-electron chi connectivity index (χ2n) is 5.67. The number of aryl methyl sites for hydroxylation is 1. The molecule has 1 saturated carbocycles. The van der Waals surface area contributed by atoms with Gasteiger partial charge in [0.05, 0.1) is 6.10 Å². The highest BCUT2D eigenvalue weighted by molar-refractivity contribution is 5.25. The van der Waals surface area contributed by atoms with Crippen molar-refractivity contribution in [1.82, 2.24) is 5.32 Å². The van der Waals surface area contributed by atoms with Gasteiger partial charge in [-0.15, -0.1) is 0 Å². The van der Waals surface area contributed by atoms with E-state index >= 15 is 0 Å². The van der Waals surface area contributed by atoms with E-state index in [0.29, 0.717) is 12.1 Å². The standard InChI is InChI=1S/C17H27NO/c1-4-18-17(15-8-6-7-13(3)9-15)12-14-10-16(11-14)19-5-2/h6-9,14,16-18H,4-5,10-12H2,1-3H3. The summed E-state index contributed by atoms with van der Waals surface area (Å²) in [6.45, 7) is 8.32. The Labute approximate surface area is 117 Å². The normalized spacial score (nSPS) is 23.9. The highest BCUT2D eigenvalue weighted by Gasteiger charge is 2.31. The summed E-state index contributed by atoms with van der Waals surface area (Å²) in [7, 11) is 0. The fourth-order valence-corrected chi connectivity index (χ4v) is 3.04. The van der Waals surface area contributed by atoms with Crippen molar-refractivity contribution in [2.24, 2.45) is 5.92 Å². The zero-order valence-corrected chi connectivity index (χ0v) is 12.5. The average Bonchev–Trinajstić information content (AvgIpc) is 2.35. The van der Waals surface area contributed by atoms with Gasteiger partial charge >= 0.3 is 0 Å². The lowest BCUT2D eigenvalue weighted by Gasteiger charge is -2.37. The van der Waals surface area contributed by atoms with E-state index in [2.05, 4.69) is 50.4 Å². The molecule has 106 valence electrons. The van der Waals surface area contributed by atoms with E-state index < -0.39 is 0 Å². The SMILES string of the molecule is CCNC(CC1CC(OCC)C1)c1cccc(C)c1. The van der Waals surface area contributed by atoms with Gasteiger partial charge in [0.2, 0.25) is 0 Å². The fraction of sp³-hybridized carbons (Fsp3) is 0.647. The molecule has 0 heterocycles. The van der Waals surface area contributed by atoms with E-state index in [1.807, 2.05) is 0 Å². The molecule has 0 aliphatic heterocycles. The minimum Gasteiger partial charge on any atom is -0.378 e. The maximum atomic E-state index is 5.65. The summed E-state index contributed by atoms with van der Waals surface area (Å²) in [5, 5.41) is 3.63. The number of nitrogens with one attached hydrogen (secondary N) is 1. The Morgan fingerprint density at radius 3 is 2.74 bits per heavy atom. The van der Waals surface area contributed by atoms with Gasteiger partial charge in [-0.1, -0.05) is 36.8 Å². The lowest BCUT2D eigenvalue weighted by molar-refractivity contribution is -0.0291. The van der Waals surface area contributed by atoms with Crippen LogP contribution in [0.1, 0.15) is 50.3 Å². The van der Waals surface area contributed by atoms with Gasteiger partial charge < -0.3 is 10.1 Å². The molecule has 0 spiro atoms. The summed E-state index contributed by atoms with van der Waals surface area (Å²) in [6, 6.07) is 9.39. The van der Waals surface area contributed by atoms with E-state index in [9.17, 15) is 0 Å². The number of benzene rings is 1. The molecule has 2 rings (SSSR count). The first-order valence-electron chi connectivity index (χ1n) is 7.64. The van der Waals surface area contributed by atoms with E-state index in [1.165, 1.54) is 30.4 Å². The van der Waals surface area contributed by atoms with Crippen molar-refractivity contribution in [3.63, 3.8) is 0 Å². The molecule has 1 aromatic rings. The summed E-state index contributed by atoms with van der Waals surface area (Å²) >= 11 is 0. The molecule has 0 bridgehead atoms. The molecule has 1 fully saturated rings. The largest absolute Gasteiger partial charge is 0.378 e. The molecule has 2 heteroatoms. The molecular formula is C17H27NO. The minimum absolute atomic E-state index is 0.498. The monoisotopic (exact) mass is 261 g/mol. The summed E-state index contributed by atoms with van der Waals surface area (Å²) < 4.78 is 5.65. The molecular weight excluding hydrogens is 234 g/mol. The van der Waals surface area contributed by atoms with Crippen molar-refractivity contribution in [3.8, 4) is 0 Å². The topological polar surface area (TPSA) is 21.3 Å². The molecule has 1 aliphatic carbocycles. The second kappa shape index (κ2) is 7.06. The van der Waals surface area contributed by atoms with Crippen LogP contribution in [0.2, 0.25) is 0 Å². The zero-order valence-electron chi connectivity index (χ0n) is 12.5. The molecule has 0 radical (unpaired) electrons. The van der Waals surface area contributed by atoms with Gasteiger partial charge in [0.15, 0.2) is 0 Å². The van der Waals surface area contributed by atoms with Crippen LogP contribution in [0.25, 0.3) is 0 Å². The van der Waals surface area contributed by atoms with Crippen molar-refractivity contribution >= 4 is 0 Å². The van der Waals surface area contributed by atoms with Crippen LogP contribution in [0.3, 0.4) is 0 Å². The zero-order chi connectivity index (χ0) is 13.7. The van der Waals surface area contributed by atoms with Gasteiger partial charge in [-0.2, -0.15) is 0 Å². The van der Waals surface area contributed by atoms with Gasteiger partial charge in [-0.25, -0.2) is 0 Å². The Kier molecular flexibility index (Phi) is 5.41. The first-order valence-corrected chi connectivity index (χ1v) is 7.64. The summed E-state index contributed by atoms with van der Waals surface area (Å²) in [4.78, 5) is 0. The van der Waals surface area contributed by atoms with Gasteiger partial charge in [0.25, 0.3) is 0 Å². The highest BCUT2D eigenvalue weighted by atomic mass is 16.5. The summed E-state index contributed by atoms with van der Waals surface area (Å²) in [6.07, 6.45) is 4.24. The molecule has 1 unspecified atom stereocenters. The Bertz CT molecular complexity index is 385. The molecule has 1 aliphatic rings. The van der Waals surface area contributed by atoms with E-state index in [4.69, 9.17) is 4.74 Å². The average molecular weight is 261 g/mol. The fourth-order valence-electron chi connectivity index (χ4n) is 3.04. The Morgan fingerprint density at radius 2 is 2.11 bits per heavy atom. The van der Waals surface area contributed by atoms with Crippen LogP contribution in [0.4, 0.5) is 0 Å². The first kappa shape index (κ1) is 14.5. The van der Waals surface area contributed by atoms with Crippen LogP contribution in [0.5, 0.6) is 0 Å². The van der Waals surface area contributed by atoms with E-state index in [1.54, 1.807) is 0 Å². The van der Waals surface area contributed by atoms with E-state index in [0.717, 1.165) is 19.1 Å². The highest BCUT2D eigenvalue weighted by Crippen LogP contribution is 2.37. The van der Waals surface area contributed by atoms with Crippen LogP contribution < -0.4 is 5.32 Å². The third-order valence-electron chi connectivity index (χ3n) is 4.06. The summed E-state index contributed by atoms with van der Waals surface area (Å²) in [5.41, 5.74) is 2.78. The maximum absolute atomic E-state index is 5.65. The van der Waals surface area contributed by atoms with Gasteiger partial charge in [0.1, 0.15) is 0 Å². The van der Waals surface area contributed by atoms with Crippen LogP contribution >= 0.6 is 0 Å². The van der Waals surface area contributed by atoms with Gasteiger partial charge in [0, 0.05) is 12.6 Å². The molecule has 1 atom stereocenters. The Hall–Kier alpha value is -0.860. The number of rotatable bonds is 7. The third kappa shape index (κ3) is 4.05. The lowest BCUT2D eigenvalue weighted by atomic mass is 9.77. The lowest BCUT2D eigenvalue weighted by Crippen LogP contribution is -2.34. The van der Waals surface area contributed by atoms with Crippen molar-refractivity contribution < 1.29 is 4.74 Å². The molecule has 0 aromatic heterocycles. The quantitative estimate of drug-likeness (QED) is 0.805. The minimum atomic E-state index is 0.498. The first-order chi connectivity index (χ1) is 9.22. The van der Waals surface area contributed by atoms with Crippen molar-refractivity contribution in [2.45, 2.75) is 52.2 Å². The molecule has 19 heavy (non-hydrogen) atoms. The van der Waals surface area contributed by atoms with Crippen molar-refractivity contribution in [3.05, 3.63) is 35.4 Å². The molecule has 0 saturated heterocycles. The Morgan fingerprint density at radius 1 is 1.32 bits per heavy atom. The van der Waals surface area contributed by atoms with E-state index in [-0.39, 0.29) is 0 Å². The van der Waals surface area contributed by atoms with Crippen LogP contribution in [-0.4, -0.2) is 19.3 Å². The maximum Gasteiger partial charge on any atom is 0.0580 e. The predicted molar refractivity (Wildman–Crippen MR) is 80.4 cm³/mol. The van der Waals surface area contributed by atoms with Crippen LogP contribution in [-0.2, 0) is 4.74 Å². The summed E-state index contributed by atoms with van der Waals surface area (Å²) in [5.74, 6) is 0.820. The van der Waals surface area contributed by atoms with Gasteiger partial charge in [-0.05, 0) is 51.1 Å². The molecule has 1 N–H and O–H groups in total. The predicted octanol–water partition coefficient (Wildman–Crippen LogP) is 3.85. The van der Waals surface area contributed by atoms with Gasteiger partial charge in [-0.3, -0.25) is 0 Å². The van der Waals surface area contributed by atoms with Crippen LogP contribution in [0.15, 0.2) is 24.3 Å². The Balaban J connectivity index is 1.90. The number of hydrogen-bond donors (Lipinski definition) is 1. The molecule has 1 aromatic carbocycles. The van der Waals surface area contributed by atoms with Crippen molar-refractivity contribution in [1.29, 1.82) is 0 Å². The molecule has 2 nitrogen and oxygen atoms in total. The smallest absolute Gasteiger partial charge is 0.0580 e. The molecule has 0 amide bonds. The van der Waals surface area contributed by atoms with Crippen LogP contribution in [0, 0.1) is 12.8 Å². The number of ether oxygens (including phenoxy) is 1. The van der Waals surface area contributed by atoms with Crippen molar-refractivity contribution in [2.75, 3.05) is 13.2 Å². The second-order valence-corrected chi connectivity index (χ2v) is 5.67. The third-order valence-corrected chi connectivity index (χ3v) is 4.06.